The van der Waals surface area contributed by atoms with Crippen LogP contribution in [0.2, 0.25) is 0 Å². The lowest BCUT2D eigenvalue weighted by molar-refractivity contribution is 0.0792. The Labute approximate surface area is 156 Å². The number of nitrogens with one attached hydrogen (secondary N) is 1. The molecule has 0 spiro atoms. The first-order valence-electron chi connectivity index (χ1n) is 8.78. The van der Waals surface area contributed by atoms with Crippen LogP contribution >= 0.6 is 0 Å². The number of benzene rings is 1. The lowest BCUT2D eigenvalue weighted by Gasteiger charge is -2.15. The molecule has 1 aromatic carbocycles. The van der Waals surface area contributed by atoms with E-state index in [1.54, 1.807) is 48.8 Å². The van der Waals surface area contributed by atoms with Crippen molar-refractivity contribution in [2.24, 2.45) is 0 Å². The number of nitrogens with zero attached hydrogens (tertiary/aromatic N) is 3. The summed E-state index contributed by atoms with van der Waals surface area (Å²) in [6, 6.07) is 12.0. The SMILES string of the molecule is O=C(Nc1ccc(C(=O)N2CCCC2)cc1)c1cc(-c2cccnc2)on1. The van der Waals surface area contributed by atoms with Gasteiger partial charge < -0.3 is 14.7 Å². The molecule has 2 amide bonds. The minimum absolute atomic E-state index is 0.0305. The third-order valence-electron chi connectivity index (χ3n) is 4.47. The summed E-state index contributed by atoms with van der Waals surface area (Å²) in [7, 11) is 0. The number of likely N-dealkylation sites (tertiary alicyclic amines) is 1. The van der Waals surface area contributed by atoms with Crippen LogP contribution in [0, 0.1) is 0 Å². The molecule has 0 bridgehead atoms. The average Bonchev–Trinajstić information content (AvgIpc) is 3.41. The van der Waals surface area contributed by atoms with Gasteiger partial charge in [-0.2, -0.15) is 0 Å². The summed E-state index contributed by atoms with van der Waals surface area (Å²) in [5.74, 6) is 0.121. The smallest absolute Gasteiger partial charge is 0.277 e. The molecular weight excluding hydrogens is 344 g/mol. The van der Waals surface area contributed by atoms with Crippen LogP contribution < -0.4 is 5.32 Å². The van der Waals surface area contributed by atoms with Crippen LogP contribution in [0.3, 0.4) is 0 Å². The van der Waals surface area contributed by atoms with Crippen molar-refractivity contribution in [1.29, 1.82) is 0 Å². The van der Waals surface area contributed by atoms with E-state index < -0.39 is 0 Å². The Bertz CT molecular complexity index is 945. The zero-order valence-electron chi connectivity index (χ0n) is 14.6. The van der Waals surface area contributed by atoms with E-state index >= 15 is 0 Å². The Kier molecular flexibility index (Phi) is 4.65. The second kappa shape index (κ2) is 7.41. The summed E-state index contributed by atoms with van der Waals surface area (Å²) >= 11 is 0. The zero-order chi connectivity index (χ0) is 18.6. The minimum atomic E-state index is -0.382. The number of rotatable bonds is 4. The van der Waals surface area contributed by atoms with E-state index in [-0.39, 0.29) is 17.5 Å². The van der Waals surface area contributed by atoms with E-state index in [1.807, 2.05) is 11.0 Å². The quantitative estimate of drug-likeness (QED) is 0.770. The van der Waals surface area contributed by atoms with Crippen molar-refractivity contribution < 1.29 is 14.1 Å². The maximum absolute atomic E-state index is 12.4. The van der Waals surface area contributed by atoms with Gasteiger partial charge in [-0.25, -0.2) is 0 Å². The zero-order valence-corrected chi connectivity index (χ0v) is 14.6. The van der Waals surface area contributed by atoms with Crippen molar-refractivity contribution in [3.05, 3.63) is 66.1 Å². The largest absolute Gasteiger partial charge is 0.355 e. The van der Waals surface area contributed by atoms with Crippen LogP contribution in [-0.4, -0.2) is 39.9 Å². The Morgan fingerprint density at radius 2 is 1.85 bits per heavy atom. The van der Waals surface area contributed by atoms with Crippen LogP contribution in [0.1, 0.15) is 33.7 Å². The molecule has 2 aromatic heterocycles. The second-order valence-corrected chi connectivity index (χ2v) is 6.35. The Hall–Kier alpha value is -3.48. The van der Waals surface area contributed by atoms with Gasteiger partial charge in [0.1, 0.15) is 0 Å². The molecule has 1 saturated heterocycles. The molecule has 3 aromatic rings. The van der Waals surface area contributed by atoms with Gasteiger partial charge in [-0.15, -0.1) is 0 Å². The molecule has 7 heteroatoms. The van der Waals surface area contributed by atoms with Gasteiger partial charge >= 0.3 is 0 Å². The van der Waals surface area contributed by atoms with Crippen molar-refractivity contribution in [2.75, 3.05) is 18.4 Å². The average molecular weight is 362 g/mol. The van der Waals surface area contributed by atoms with Gasteiger partial charge in [-0.1, -0.05) is 5.16 Å². The number of hydrogen-bond acceptors (Lipinski definition) is 5. The highest BCUT2D eigenvalue weighted by molar-refractivity contribution is 6.03. The molecule has 136 valence electrons. The van der Waals surface area contributed by atoms with E-state index in [4.69, 9.17) is 4.52 Å². The van der Waals surface area contributed by atoms with Gasteiger partial charge in [0, 0.05) is 48.4 Å². The van der Waals surface area contributed by atoms with Crippen LogP contribution in [-0.2, 0) is 0 Å². The van der Waals surface area contributed by atoms with Gasteiger partial charge in [0.15, 0.2) is 11.5 Å². The summed E-state index contributed by atoms with van der Waals surface area (Å²) in [6.07, 6.45) is 5.40. The monoisotopic (exact) mass is 362 g/mol. The van der Waals surface area contributed by atoms with Crippen molar-refractivity contribution >= 4 is 17.5 Å². The highest BCUT2D eigenvalue weighted by atomic mass is 16.5. The van der Waals surface area contributed by atoms with Crippen LogP contribution in [0.4, 0.5) is 5.69 Å². The molecule has 0 aliphatic carbocycles. The molecule has 3 heterocycles. The molecule has 7 nitrogen and oxygen atoms in total. The molecule has 1 aliphatic rings. The summed E-state index contributed by atoms with van der Waals surface area (Å²) in [4.78, 5) is 30.6. The topological polar surface area (TPSA) is 88.3 Å². The molecule has 0 radical (unpaired) electrons. The summed E-state index contributed by atoms with van der Waals surface area (Å²) < 4.78 is 5.22. The maximum Gasteiger partial charge on any atom is 0.277 e. The standard InChI is InChI=1S/C20H18N4O3/c25-19(17-12-18(27-23-17)15-4-3-9-21-13-15)22-16-7-5-14(6-8-16)20(26)24-10-1-2-11-24/h3-9,12-13H,1-2,10-11H2,(H,22,25). The fraction of sp³-hybridized carbons (Fsp3) is 0.200. The van der Waals surface area contributed by atoms with E-state index in [0.717, 1.165) is 31.5 Å². The van der Waals surface area contributed by atoms with Crippen LogP contribution in [0.25, 0.3) is 11.3 Å². The first kappa shape index (κ1) is 17.0. The van der Waals surface area contributed by atoms with Crippen molar-refractivity contribution in [2.45, 2.75) is 12.8 Å². The molecule has 1 fully saturated rings. The van der Waals surface area contributed by atoms with Gasteiger partial charge in [0.25, 0.3) is 11.8 Å². The summed E-state index contributed by atoms with van der Waals surface area (Å²) in [5, 5.41) is 6.57. The maximum atomic E-state index is 12.4. The fourth-order valence-corrected chi connectivity index (χ4v) is 3.02. The molecule has 27 heavy (non-hydrogen) atoms. The van der Waals surface area contributed by atoms with Crippen molar-refractivity contribution in [3.63, 3.8) is 0 Å². The number of carbonyl (C=O) groups excluding carboxylic acids is 2. The predicted molar refractivity (Wildman–Crippen MR) is 99.3 cm³/mol. The second-order valence-electron chi connectivity index (χ2n) is 6.35. The Morgan fingerprint density at radius 3 is 2.56 bits per heavy atom. The van der Waals surface area contributed by atoms with E-state index in [2.05, 4.69) is 15.5 Å². The number of pyridine rings is 1. The fourth-order valence-electron chi connectivity index (χ4n) is 3.02. The number of aromatic nitrogens is 2. The molecular formula is C20H18N4O3. The first-order chi connectivity index (χ1) is 13.2. The third kappa shape index (κ3) is 3.72. The number of hydrogen-bond donors (Lipinski definition) is 1. The number of carbonyl (C=O) groups is 2. The van der Waals surface area contributed by atoms with Crippen LogP contribution in [0.15, 0.2) is 59.4 Å². The lowest BCUT2D eigenvalue weighted by atomic mass is 10.1. The van der Waals surface area contributed by atoms with E-state index in [0.29, 0.717) is 17.0 Å². The summed E-state index contributed by atoms with van der Waals surface area (Å²) in [5.41, 5.74) is 2.12. The van der Waals surface area contributed by atoms with E-state index in [9.17, 15) is 9.59 Å². The molecule has 0 unspecified atom stereocenters. The minimum Gasteiger partial charge on any atom is -0.355 e. The molecule has 1 aliphatic heterocycles. The molecule has 0 atom stereocenters. The normalized spacial score (nSPS) is 13.6. The lowest BCUT2D eigenvalue weighted by Crippen LogP contribution is -2.27. The van der Waals surface area contributed by atoms with Gasteiger partial charge in [0.05, 0.1) is 0 Å². The van der Waals surface area contributed by atoms with Gasteiger partial charge in [-0.05, 0) is 49.2 Å². The molecule has 4 rings (SSSR count). The number of amides is 2. The van der Waals surface area contributed by atoms with E-state index in [1.165, 1.54) is 0 Å². The number of anilines is 1. The van der Waals surface area contributed by atoms with Crippen molar-refractivity contribution in [3.8, 4) is 11.3 Å². The van der Waals surface area contributed by atoms with Crippen LogP contribution in [0.5, 0.6) is 0 Å². The highest BCUT2D eigenvalue weighted by Gasteiger charge is 2.19. The summed E-state index contributed by atoms with van der Waals surface area (Å²) in [6.45, 7) is 1.62. The molecule has 0 saturated carbocycles. The third-order valence-corrected chi connectivity index (χ3v) is 4.47. The Balaban J connectivity index is 1.42. The highest BCUT2D eigenvalue weighted by Crippen LogP contribution is 2.20. The Morgan fingerprint density at radius 1 is 1.07 bits per heavy atom. The van der Waals surface area contributed by atoms with Crippen molar-refractivity contribution in [1.82, 2.24) is 15.0 Å². The molecule has 1 N–H and O–H groups in total. The first-order valence-corrected chi connectivity index (χ1v) is 8.78. The van der Waals surface area contributed by atoms with Gasteiger partial charge in [-0.3, -0.25) is 14.6 Å². The van der Waals surface area contributed by atoms with Gasteiger partial charge in [0.2, 0.25) is 0 Å². The predicted octanol–water partition coefficient (Wildman–Crippen LogP) is 3.22.